The van der Waals surface area contributed by atoms with Crippen LogP contribution in [0.2, 0.25) is 5.02 Å². The molecule has 0 fully saturated rings. The zero-order valence-corrected chi connectivity index (χ0v) is 10.9. The maximum Gasteiger partial charge on any atom is 0.171 e. The average Bonchev–Trinajstić information content (AvgIpc) is 2.83. The molecule has 0 amide bonds. The summed E-state index contributed by atoms with van der Waals surface area (Å²) in [6.07, 6.45) is 1.73. The van der Waals surface area contributed by atoms with Gasteiger partial charge in [0, 0.05) is 27.1 Å². The van der Waals surface area contributed by atoms with Crippen LogP contribution in [0.4, 0.5) is 0 Å². The second kappa shape index (κ2) is 5.39. The minimum Gasteiger partial charge on any atom is -0.409 e. The quantitative estimate of drug-likeness (QED) is 0.393. The maximum absolute atomic E-state index is 8.73. The molecule has 2 rings (SSSR count). The molecule has 0 saturated heterocycles. The SMILES string of the molecule is NC(=NO)c1cc(Cl)ccc1Sc1nccs1. The van der Waals surface area contributed by atoms with Crippen molar-refractivity contribution >= 4 is 40.5 Å². The number of nitrogens with two attached hydrogens (primary N) is 1. The van der Waals surface area contributed by atoms with Crippen LogP contribution in [0.3, 0.4) is 0 Å². The highest BCUT2D eigenvalue weighted by molar-refractivity contribution is 8.01. The van der Waals surface area contributed by atoms with Crippen LogP contribution in [0.5, 0.6) is 0 Å². The van der Waals surface area contributed by atoms with Gasteiger partial charge in [-0.1, -0.05) is 28.5 Å². The summed E-state index contributed by atoms with van der Waals surface area (Å²) in [5, 5.41) is 14.1. The molecule has 0 atom stereocenters. The first kappa shape index (κ1) is 12.2. The summed E-state index contributed by atoms with van der Waals surface area (Å²) in [5.74, 6) is 0.0338. The van der Waals surface area contributed by atoms with E-state index in [9.17, 15) is 0 Å². The van der Waals surface area contributed by atoms with E-state index < -0.39 is 0 Å². The van der Waals surface area contributed by atoms with E-state index in [0.717, 1.165) is 9.24 Å². The highest BCUT2D eigenvalue weighted by Crippen LogP contribution is 2.32. The lowest BCUT2D eigenvalue weighted by atomic mass is 10.2. The van der Waals surface area contributed by atoms with E-state index in [1.165, 1.54) is 23.1 Å². The number of hydrogen-bond acceptors (Lipinski definition) is 5. The standard InChI is InChI=1S/C10H8ClN3OS2/c11-6-1-2-8(7(5-6)9(12)14-15)17-10-13-3-4-16-10/h1-5,15H,(H2,12,14). The number of nitrogens with zero attached hydrogens (tertiary/aromatic N) is 2. The molecule has 0 bridgehead atoms. The monoisotopic (exact) mass is 285 g/mol. The van der Waals surface area contributed by atoms with Crippen molar-refractivity contribution in [3.8, 4) is 0 Å². The van der Waals surface area contributed by atoms with Gasteiger partial charge in [0.15, 0.2) is 10.2 Å². The van der Waals surface area contributed by atoms with E-state index in [-0.39, 0.29) is 5.84 Å². The van der Waals surface area contributed by atoms with Crippen LogP contribution >= 0.6 is 34.7 Å². The Morgan fingerprint density at radius 1 is 1.53 bits per heavy atom. The number of halogens is 1. The number of hydrogen-bond donors (Lipinski definition) is 2. The number of thiazole rings is 1. The largest absolute Gasteiger partial charge is 0.409 e. The molecule has 17 heavy (non-hydrogen) atoms. The molecule has 0 unspecified atom stereocenters. The van der Waals surface area contributed by atoms with Crippen molar-refractivity contribution < 1.29 is 5.21 Å². The van der Waals surface area contributed by atoms with Crippen LogP contribution in [-0.2, 0) is 0 Å². The molecule has 2 aromatic rings. The van der Waals surface area contributed by atoms with Crippen molar-refractivity contribution in [2.45, 2.75) is 9.24 Å². The van der Waals surface area contributed by atoms with Gasteiger partial charge in [0.1, 0.15) is 0 Å². The van der Waals surface area contributed by atoms with E-state index in [1.54, 1.807) is 18.3 Å². The second-order valence-electron chi connectivity index (χ2n) is 3.03. The summed E-state index contributed by atoms with van der Waals surface area (Å²) in [6, 6.07) is 5.24. The fourth-order valence-electron chi connectivity index (χ4n) is 1.20. The van der Waals surface area contributed by atoms with Gasteiger partial charge in [-0.25, -0.2) is 4.98 Å². The molecule has 0 radical (unpaired) electrons. The number of aromatic nitrogens is 1. The zero-order chi connectivity index (χ0) is 12.3. The van der Waals surface area contributed by atoms with Crippen LogP contribution < -0.4 is 5.73 Å². The van der Waals surface area contributed by atoms with Crippen molar-refractivity contribution in [2.24, 2.45) is 10.9 Å². The van der Waals surface area contributed by atoms with Crippen LogP contribution in [0.1, 0.15) is 5.56 Å². The molecular formula is C10H8ClN3OS2. The molecule has 0 spiro atoms. The number of amidine groups is 1. The first-order chi connectivity index (χ1) is 8.20. The van der Waals surface area contributed by atoms with Crippen molar-refractivity contribution in [1.82, 2.24) is 4.98 Å². The third-order valence-electron chi connectivity index (χ3n) is 1.93. The van der Waals surface area contributed by atoms with Crippen molar-refractivity contribution in [1.29, 1.82) is 0 Å². The van der Waals surface area contributed by atoms with Gasteiger partial charge >= 0.3 is 0 Å². The highest BCUT2D eigenvalue weighted by Gasteiger charge is 2.10. The molecule has 0 saturated carbocycles. The number of benzene rings is 1. The molecule has 88 valence electrons. The fraction of sp³-hybridized carbons (Fsp3) is 0. The third kappa shape index (κ3) is 2.91. The smallest absolute Gasteiger partial charge is 0.171 e. The van der Waals surface area contributed by atoms with Gasteiger partial charge in [-0.3, -0.25) is 0 Å². The molecule has 1 heterocycles. The van der Waals surface area contributed by atoms with Crippen LogP contribution in [0, 0.1) is 0 Å². The Hall–Kier alpha value is -1.24. The molecule has 1 aromatic heterocycles. The van der Waals surface area contributed by atoms with Crippen LogP contribution in [0.15, 0.2) is 44.2 Å². The van der Waals surface area contributed by atoms with Crippen LogP contribution in [-0.4, -0.2) is 16.0 Å². The Kier molecular flexibility index (Phi) is 3.88. The Morgan fingerprint density at radius 3 is 3.00 bits per heavy atom. The van der Waals surface area contributed by atoms with Gasteiger partial charge in [-0.15, -0.1) is 11.3 Å². The fourth-order valence-corrected chi connectivity index (χ4v) is 3.07. The lowest BCUT2D eigenvalue weighted by Crippen LogP contribution is -2.14. The Morgan fingerprint density at radius 2 is 2.35 bits per heavy atom. The van der Waals surface area contributed by atoms with E-state index in [1.807, 2.05) is 11.4 Å². The van der Waals surface area contributed by atoms with Gasteiger partial charge in [0.2, 0.25) is 0 Å². The van der Waals surface area contributed by atoms with Gasteiger partial charge in [0.25, 0.3) is 0 Å². The lowest BCUT2D eigenvalue weighted by molar-refractivity contribution is 0.318. The molecule has 0 aliphatic rings. The first-order valence-electron chi connectivity index (χ1n) is 4.55. The maximum atomic E-state index is 8.73. The highest BCUT2D eigenvalue weighted by atomic mass is 35.5. The van der Waals surface area contributed by atoms with Crippen molar-refractivity contribution in [2.75, 3.05) is 0 Å². The number of rotatable bonds is 3. The van der Waals surface area contributed by atoms with Gasteiger partial charge in [-0.2, -0.15) is 0 Å². The number of oxime groups is 1. The first-order valence-corrected chi connectivity index (χ1v) is 6.63. The summed E-state index contributed by atoms with van der Waals surface area (Å²) in [6.45, 7) is 0. The predicted molar refractivity (Wildman–Crippen MR) is 70.2 cm³/mol. The van der Waals surface area contributed by atoms with Gasteiger partial charge < -0.3 is 10.9 Å². The summed E-state index contributed by atoms with van der Waals surface area (Å²) < 4.78 is 0.888. The van der Waals surface area contributed by atoms with Gasteiger partial charge in [-0.05, 0) is 18.2 Å². The molecule has 4 nitrogen and oxygen atoms in total. The summed E-state index contributed by atoms with van der Waals surface area (Å²) in [7, 11) is 0. The minimum atomic E-state index is 0.0338. The van der Waals surface area contributed by atoms with E-state index >= 15 is 0 Å². The van der Waals surface area contributed by atoms with E-state index in [0.29, 0.717) is 10.6 Å². The Balaban J connectivity index is 2.39. The minimum absolute atomic E-state index is 0.0338. The Bertz CT molecular complexity index is 542. The predicted octanol–water partition coefficient (Wildman–Crippen LogP) is 3.04. The topological polar surface area (TPSA) is 71.5 Å². The summed E-state index contributed by atoms with van der Waals surface area (Å²) in [5.41, 5.74) is 6.20. The summed E-state index contributed by atoms with van der Waals surface area (Å²) in [4.78, 5) is 5.01. The molecule has 0 aliphatic carbocycles. The third-order valence-corrected chi connectivity index (χ3v) is 4.13. The second-order valence-corrected chi connectivity index (χ2v) is 5.65. The van der Waals surface area contributed by atoms with E-state index in [4.69, 9.17) is 22.5 Å². The van der Waals surface area contributed by atoms with Crippen molar-refractivity contribution in [3.63, 3.8) is 0 Å². The van der Waals surface area contributed by atoms with Crippen molar-refractivity contribution in [3.05, 3.63) is 40.4 Å². The average molecular weight is 286 g/mol. The zero-order valence-electron chi connectivity index (χ0n) is 8.50. The molecular weight excluding hydrogens is 278 g/mol. The molecule has 1 aromatic carbocycles. The lowest BCUT2D eigenvalue weighted by Gasteiger charge is -2.06. The van der Waals surface area contributed by atoms with E-state index in [2.05, 4.69) is 10.1 Å². The normalized spacial score (nSPS) is 11.7. The molecule has 0 aliphatic heterocycles. The van der Waals surface area contributed by atoms with Gasteiger partial charge in [0.05, 0.1) is 0 Å². The molecule has 3 N–H and O–H groups in total. The molecule has 7 heteroatoms. The summed E-state index contributed by atoms with van der Waals surface area (Å²) >= 11 is 8.86. The Labute approximate surface area is 111 Å². The van der Waals surface area contributed by atoms with Crippen LogP contribution in [0.25, 0.3) is 0 Å².